The fourth-order valence-corrected chi connectivity index (χ4v) is 1.95. The number of carboxylic acids is 1. The van der Waals surface area contributed by atoms with Gasteiger partial charge in [0.15, 0.2) is 0 Å². The minimum atomic E-state index is -0.986. The number of alkyl carbamates (subject to hydrolysis) is 1. The molecular formula is C15H30N2O4. The van der Waals surface area contributed by atoms with Gasteiger partial charge in [0.1, 0.15) is 6.04 Å². The van der Waals surface area contributed by atoms with E-state index in [0.29, 0.717) is 38.3 Å². The number of carboxylic acid groups (broad SMARTS) is 1. The summed E-state index contributed by atoms with van der Waals surface area (Å²) in [7, 11) is 0. The zero-order valence-corrected chi connectivity index (χ0v) is 13.3. The lowest BCUT2D eigenvalue weighted by Crippen LogP contribution is -2.30. The van der Waals surface area contributed by atoms with Gasteiger partial charge >= 0.3 is 12.1 Å². The first-order valence-electron chi connectivity index (χ1n) is 7.90. The Hall–Kier alpha value is -1.30. The molecule has 0 aromatic carbocycles. The second kappa shape index (κ2) is 12.4. The van der Waals surface area contributed by atoms with Crippen LogP contribution in [0.2, 0.25) is 0 Å². The molecule has 0 saturated heterocycles. The standard InChI is InChI=1S/C15H30N2O4/c1-3-5-8-12(4-2)11-21-15(20)17-10-7-6-9-13(16)14(18)19/h12-13H,3-11,16H2,1-2H3,(H,17,20)(H,18,19)/t12?,13-/m0/s1. The topological polar surface area (TPSA) is 102 Å². The highest BCUT2D eigenvalue weighted by Crippen LogP contribution is 2.12. The van der Waals surface area contributed by atoms with Crippen LogP contribution in [0, 0.1) is 5.92 Å². The van der Waals surface area contributed by atoms with Gasteiger partial charge < -0.3 is 20.9 Å². The minimum absolute atomic E-state index is 0.396. The molecule has 6 heteroatoms. The van der Waals surface area contributed by atoms with Crippen molar-refractivity contribution in [3.05, 3.63) is 0 Å². The summed E-state index contributed by atoms with van der Waals surface area (Å²) >= 11 is 0. The summed E-state index contributed by atoms with van der Waals surface area (Å²) in [5.74, 6) is -0.552. The summed E-state index contributed by atoms with van der Waals surface area (Å²) in [6.45, 7) is 5.20. The van der Waals surface area contributed by atoms with E-state index in [1.54, 1.807) is 0 Å². The number of hydrogen-bond donors (Lipinski definition) is 3. The van der Waals surface area contributed by atoms with Gasteiger partial charge in [-0.15, -0.1) is 0 Å². The summed E-state index contributed by atoms with van der Waals surface area (Å²) in [6, 6.07) is -0.819. The zero-order chi connectivity index (χ0) is 16.1. The van der Waals surface area contributed by atoms with Gasteiger partial charge in [0.2, 0.25) is 0 Å². The average Bonchev–Trinajstić information content (AvgIpc) is 2.46. The number of carbonyl (C=O) groups is 2. The highest BCUT2D eigenvalue weighted by molar-refractivity contribution is 5.72. The Morgan fingerprint density at radius 1 is 1.19 bits per heavy atom. The number of nitrogens with one attached hydrogen (secondary N) is 1. The summed E-state index contributed by atoms with van der Waals surface area (Å²) in [5, 5.41) is 11.3. The Morgan fingerprint density at radius 2 is 1.90 bits per heavy atom. The van der Waals surface area contributed by atoms with Crippen LogP contribution in [-0.4, -0.2) is 36.4 Å². The predicted molar refractivity (Wildman–Crippen MR) is 82.1 cm³/mol. The zero-order valence-electron chi connectivity index (χ0n) is 13.3. The fourth-order valence-electron chi connectivity index (χ4n) is 1.95. The van der Waals surface area contributed by atoms with Gasteiger partial charge in [-0.25, -0.2) is 4.79 Å². The largest absolute Gasteiger partial charge is 0.480 e. The Balaban J connectivity index is 3.59. The maximum Gasteiger partial charge on any atom is 0.407 e. The van der Waals surface area contributed by atoms with E-state index >= 15 is 0 Å². The first-order valence-corrected chi connectivity index (χ1v) is 7.90. The number of ether oxygens (including phenoxy) is 1. The van der Waals surface area contributed by atoms with E-state index in [-0.39, 0.29) is 0 Å². The van der Waals surface area contributed by atoms with Crippen LogP contribution < -0.4 is 11.1 Å². The molecule has 4 N–H and O–H groups in total. The van der Waals surface area contributed by atoms with E-state index in [4.69, 9.17) is 15.6 Å². The van der Waals surface area contributed by atoms with Gasteiger partial charge in [-0.05, 0) is 31.6 Å². The lowest BCUT2D eigenvalue weighted by Gasteiger charge is -2.15. The molecular weight excluding hydrogens is 272 g/mol. The molecule has 0 aromatic heterocycles. The first-order chi connectivity index (χ1) is 10.0. The third-order valence-corrected chi connectivity index (χ3v) is 3.52. The molecule has 0 heterocycles. The fraction of sp³-hybridized carbons (Fsp3) is 0.867. The molecule has 0 rings (SSSR count). The number of unbranched alkanes of at least 4 members (excludes halogenated alkanes) is 2. The molecule has 0 aliphatic rings. The molecule has 0 fully saturated rings. The second-order valence-electron chi connectivity index (χ2n) is 5.38. The van der Waals surface area contributed by atoms with E-state index < -0.39 is 18.1 Å². The molecule has 6 nitrogen and oxygen atoms in total. The Morgan fingerprint density at radius 3 is 2.48 bits per heavy atom. The van der Waals surface area contributed by atoms with Crippen LogP contribution in [-0.2, 0) is 9.53 Å². The van der Waals surface area contributed by atoms with Crippen LogP contribution in [0.3, 0.4) is 0 Å². The lowest BCUT2D eigenvalue weighted by molar-refractivity contribution is -0.138. The maximum atomic E-state index is 11.5. The molecule has 0 bridgehead atoms. The summed E-state index contributed by atoms with van der Waals surface area (Å²) in [6.07, 6.45) is 5.81. The number of rotatable bonds is 12. The van der Waals surface area contributed by atoms with Crippen molar-refractivity contribution in [3.63, 3.8) is 0 Å². The third-order valence-electron chi connectivity index (χ3n) is 3.52. The van der Waals surface area contributed by atoms with E-state index in [0.717, 1.165) is 25.7 Å². The average molecular weight is 302 g/mol. The summed E-state index contributed by atoms with van der Waals surface area (Å²) in [5.41, 5.74) is 5.38. The molecule has 0 spiro atoms. The van der Waals surface area contributed by atoms with E-state index in [2.05, 4.69) is 19.2 Å². The van der Waals surface area contributed by atoms with Crippen LogP contribution in [0.1, 0.15) is 58.8 Å². The van der Waals surface area contributed by atoms with Crippen LogP contribution in [0.4, 0.5) is 4.79 Å². The number of carbonyl (C=O) groups excluding carboxylic acids is 1. The van der Waals surface area contributed by atoms with E-state index in [1.165, 1.54) is 0 Å². The molecule has 1 unspecified atom stereocenters. The molecule has 21 heavy (non-hydrogen) atoms. The normalized spacial score (nSPS) is 13.5. The van der Waals surface area contributed by atoms with Crippen molar-refractivity contribution in [3.8, 4) is 0 Å². The van der Waals surface area contributed by atoms with Crippen molar-refractivity contribution >= 4 is 12.1 Å². The number of amides is 1. The Kier molecular flexibility index (Phi) is 11.7. The smallest absolute Gasteiger partial charge is 0.407 e. The molecule has 2 atom stereocenters. The summed E-state index contributed by atoms with van der Waals surface area (Å²) in [4.78, 5) is 22.0. The Labute approximate surface area is 127 Å². The minimum Gasteiger partial charge on any atom is -0.480 e. The van der Waals surface area contributed by atoms with Crippen LogP contribution in [0.5, 0.6) is 0 Å². The molecule has 0 aliphatic carbocycles. The van der Waals surface area contributed by atoms with Gasteiger partial charge in [-0.2, -0.15) is 0 Å². The van der Waals surface area contributed by atoms with Crippen molar-refractivity contribution in [2.24, 2.45) is 11.7 Å². The van der Waals surface area contributed by atoms with Crippen LogP contribution in [0.15, 0.2) is 0 Å². The number of hydrogen-bond acceptors (Lipinski definition) is 4. The Bertz CT molecular complexity index is 297. The van der Waals surface area contributed by atoms with E-state index in [1.807, 2.05) is 0 Å². The highest BCUT2D eigenvalue weighted by Gasteiger charge is 2.11. The third kappa shape index (κ3) is 11.1. The van der Waals surface area contributed by atoms with Gasteiger partial charge in [0.05, 0.1) is 6.61 Å². The lowest BCUT2D eigenvalue weighted by atomic mass is 10.0. The van der Waals surface area contributed by atoms with Crippen molar-refractivity contribution in [2.75, 3.05) is 13.2 Å². The molecule has 124 valence electrons. The van der Waals surface area contributed by atoms with Gasteiger partial charge in [0.25, 0.3) is 0 Å². The number of aliphatic carboxylic acids is 1. The SMILES string of the molecule is CCCCC(CC)COC(=O)NCCCC[C@H](N)C(=O)O. The first kappa shape index (κ1) is 19.7. The number of nitrogens with two attached hydrogens (primary N) is 1. The monoisotopic (exact) mass is 302 g/mol. The van der Waals surface area contributed by atoms with Crippen molar-refractivity contribution in [1.29, 1.82) is 0 Å². The quantitative estimate of drug-likeness (QED) is 0.481. The van der Waals surface area contributed by atoms with Gasteiger partial charge in [-0.3, -0.25) is 4.79 Å². The van der Waals surface area contributed by atoms with Gasteiger partial charge in [-0.1, -0.05) is 33.1 Å². The van der Waals surface area contributed by atoms with E-state index in [9.17, 15) is 9.59 Å². The van der Waals surface area contributed by atoms with Crippen LogP contribution in [0.25, 0.3) is 0 Å². The molecule has 0 radical (unpaired) electrons. The molecule has 0 aliphatic heterocycles. The molecule has 0 aromatic rings. The van der Waals surface area contributed by atoms with Crippen LogP contribution >= 0.6 is 0 Å². The molecule has 1 amide bonds. The summed E-state index contributed by atoms with van der Waals surface area (Å²) < 4.78 is 5.19. The van der Waals surface area contributed by atoms with Crippen molar-refractivity contribution in [1.82, 2.24) is 5.32 Å². The molecule has 0 saturated carbocycles. The van der Waals surface area contributed by atoms with Crippen molar-refractivity contribution in [2.45, 2.75) is 64.8 Å². The second-order valence-corrected chi connectivity index (χ2v) is 5.38. The van der Waals surface area contributed by atoms with Crippen molar-refractivity contribution < 1.29 is 19.4 Å². The van der Waals surface area contributed by atoms with Gasteiger partial charge in [0, 0.05) is 6.54 Å². The highest BCUT2D eigenvalue weighted by atomic mass is 16.5. The predicted octanol–water partition coefficient (Wildman–Crippen LogP) is 2.51. The maximum absolute atomic E-state index is 11.5.